The molecule has 38 heavy (non-hydrogen) atoms. The Morgan fingerprint density at radius 2 is 1.68 bits per heavy atom. The lowest BCUT2D eigenvalue weighted by Crippen LogP contribution is -2.59. The van der Waals surface area contributed by atoms with Crippen molar-refractivity contribution in [2.45, 2.75) is 63.9 Å². The average molecular weight is 524 g/mol. The molecule has 3 amide bonds. The van der Waals surface area contributed by atoms with Crippen LogP contribution in [-0.4, -0.2) is 88.3 Å². The average Bonchev–Trinajstić information content (AvgIpc) is 3.16. The summed E-state index contributed by atoms with van der Waals surface area (Å²) in [7, 11) is 0. The normalized spacial score (nSPS) is 33.3. The summed E-state index contributed by atoms with van der Waals surface area (Å²) >= 11 is 0. The number of hydrogen-bond donors (Lipinski definition) is 1. The van der Waals surface area contributed by atoms with Gasteiger partial charge in [-0.05, 0) is 58.9 Å². The van der Waals surface area contributed by atoms with E-state index < -0.39 is 35.1 Å². The molecule has 6 atom stereocenters. The first-order chi connectivity index (χ1) is 18.1. The summed E-state index contributed by atoms with van der Waals surface area (Å²) in [4.78, 5) is 47.4. The molecule has 4 heterocycles. The Balaban J connectivity index is 1.61. The second kappa shape index (κ2) is 9.54. The van der Waals surface area contributed by atoms with Crippen LogP contribution in [0.15, 0.2) is 48.6 Å². The van der Waals surface area contributed by atoms with Crippen molar-refractivity contribution in [3.63, 3.8) is 0 Å². The third kappa shape index (κ3) is 3.78. The highest BCUT2D eigenvalue weighted by Crippen LogP contribution is 2.58. The molecule has 1 unspecified atom stereocenters. The number of carbonyl (C=O) groups excluding carboxylic acids is 3. The highest BCUT2D eigenvalue weighted by Gasteiger charge is 2.75. The van der Waals surface area contributed by atoms with Gasteiger partial charge in [-0.3, -0.25) is 14.4 Å². The molecule has 1 aromatic carbocycles. The Morgan fingerprint density at radius 1 is 1.00 bits per heavy atom. The van der Waals surface area contributed by atoms with E-state index in [9.17, 15) is 19.5 Å². The van der Waals surface area contributed by atoms with Crippen molar-refractivity contribution in [1.29, 1.82) is 0 Å². The van der Waals surface area contributed by atoms with E-state index in [1.54, 1.807) is 16.7 Å². The number of anilines is 1. The van der Waals surface area contributed by atoms with E-state index in [1.807, 2.05) is 76.3 Å². The molecule has 9 nitrogen and oxygen atoms in total. The summed E-state index contributed by atoms with van der Waals surface area (Å²) in [6.45, 7) is 10.3. The molecule has 0 radical (unpaired) electrons. The molecule has 4 aliphatic heterocycles. The molecule has 5 rings (SSSR count). The van der Waals surface area contributed by atoms with Crippen LogP contribution in [0.25, 0.3) is 0 Å². The number of aliphatic hydroxyl groups is 1. The van der Waals surface area contributed by atoms with Crippen molar-refractivity contribution in [1.82, 2.24) is 9.80 Å². The largest absolute Gasteiger partial charge is 0.494 e. The number of nitrogens with zero attached hydrogens (tertiary/aromatic N) is 3. The Morgan fingerprint density at radius 3 is 2.32 bits per heavy atom. The molecular formula is C29H37N3O6. The first-order valence-corrected chi connectivity index (χ1v) is 13.4. The zero-order chi connectivity index (χ0) is 27.4. The Hall–Kier alpha value is -3.17. The number of hydrogen-bond acceptors (Lipinski definition) is 6. The predicted molar refractivity (Wildman–Crippen MR) is 141 cm³/mol. The van der Waals surface area contributed by atoms with Crippen LogP contribution >= 0.6 is 0 Å². The molecular weight excluding hydrogens is 486 g/mol. The Labute approximate surface area is 223 Å². The van der Waals surface area contributed by atoms with E-state index in [0.29, 0.717) is 31.1 Å². The Kier molecular flexibility index (Phi) is 6.64. The number of likely N-dealkylation sites (tertiary alicyclic amines) is 1. The number of aliphatic hydroxyl groups excluding tert-OH is 1. The molecule has 0 aliphatic carbocycles. The number of fused-ring (bicyclic) bond motifs is 2. The minimum absolute atomic E-state index is 0.0955. The number of ether oxygens (including phenoxy) is 2. The standard InChI is InChI=1S/C29H37N3O6/c1-6-37-21-11-9-20(10-12-21)31-16-7-13-28(5)22(25(31)34)23-26(35)32(19(4)17-33)24-27(36)30(18(2)3)15-8-14-29(23,24)38-28/h7-14,18-19,22-24,33H,6,15-17H2,1-5H3/t19-,22-,23+,24?,28+,29+/m1/s1. The van der Waals surface area contributed by atoms with Gasteiger partial charge in [-0.1, -0.05) is 24.3 Å². The van der Waals surface area contributed by atoms with E-state index in [-0.39, 0.29) is 30.4 Å². The second-order valence-electron chi connectivity index (χ2n) is 11.0. The summed E-state index contributed by atoms with van der Waals surface area (Å²) in [5, 5.41) is 10.1. The van der Waals surface area contributed by atoms with Crippen molar-refractivity contribution >= 4 is 23.4 Å². The minimum atomic E-state index is -1.33. The van der Waals surface area contributed by atoms with Gasteiger partial charge in [0.15, 0.2) is 0 Å². The summed E-state index contributed by atoms with van der Waals surface area (Å²) in [5.74, 6) is -1.88. The molecule has 204 valence electrons. The van der Waals surface area contributed by atoms with E-state index in [0.717, 1.165) is 0 Å². The van der Waals surface area contributed by atoms with Gasteiger partial charge in [0.25, 0.3) is 0 Å². The summed E-state index contributed by atoms with van der Waals surface area (Å²) < 4.78 is 12.3. The number of benzene rings is 1. The molecule has 9 heteroatoms. The van der Waals surface area contributed by atoms with Gasteiger partial charge in [0.1, 0.15) is 17.4 Å². The van der Waals surface area contributed by atoms with Crippen LogP contribution < -0.4 is 9.64 Å². The molecule has 0 saturated carbocycles. The van der Waals surface area contributed by atoms with E-state index in [2.05, 4.69) is 0 Å². The molecule has 2 fully saturated rings. The maximum Gasteiger partial charge on any atom is 0.249 e. The van der Waals surface area contributed by atoms with Gasteiger partial charge in [0, 0.05) is 24.8 Å². The molecule has 4 aliphatic rings. The van der Waals surface area contributed by atoms with Gasteiger partial charge in [-0.25, -0.2) is 0 Å². The van der Waals surface area contributed by atoms with Gasteiger partial charge in [-0.15, -0.1) is 0 Å². The molecule has 0 aromatic heterocycles. The first kappa shape index (κ1) is 26.4. The number of carbonyl (C=O) groups is 3. The van der Waals surface area contributed by atoms with Gasteiger partial charge in [0.05, 0.1) is 36.7 Å². The third-order valence-electron chi connectivity index (χ3n) is 8.35. The lowest BCUT2D eigenvalue weighted by Gasteiger charge is -2.40. The fourth-order valence-corrected chi connectivity index (χ4v) is 6.63. The van der Waals surface area contributed by atoms with Crippen LogP contribution in [0.5, 0.6) is 5.75 Å². The van der Waals surface area contributed by atoms with Crippen molar-refractivity contribution in [2.24, 2.45) is 11.8 Å². The summed E-state index contributed by atoms with van der Waals surface area (Å²) in [5.41, 5.74) is -1.74. The maximum atomic E-state index is 14.3. The molecule has 0 bridgehead atoms. The molecule has 2 saturated heterocycles. The fourth-order valence-electron chi connectivity index (χ4n) is 6.63. The van der Waals surface area contributed by atoms with Gasteiger partial charge in [-0.2, -0.15) is 0 Å². The fraction of sp³-hybridized carbons (Fsp3) is 0.552. The van der Waals surface area contributed by atoms with E-state index >= 15 is 0 Å². The molecule has 1 N–H and O–H groups in total. The van der Waals surface area contributed by atoms with Crippen molar-refractivity contribution in [3.05, 3.63) is 48.6 Å². The second-order valence-corrected chi connectivity index (χ2v) is 11.0. The van der Waals surface area contributed by atoms with Crippen molar-refractivity contribution in [2.75, 3.05) is 31.2 Å². The summed E-state index contributed by atoms with van der Waals surface area (Å²) in [6, 6.07) is 5.62. The quantitative estimate of drug-likeness (QED) is 0.574. The summed E-state index contributed by atoms with van der Waals surface area (Å²) in [6.07, 6.45) is 7.46. The van der Waals surface area contributed by atoms with Gasteiger partial charge in [0.2, 0.25) is 17.7 Å². The topological polar surface area (TPSA) is 99.6 Å². The highest BCUT2D eigenvalue weighted by atomic mass is 16.5. The Bertz CT molecular complexity index is 1180. The lowest BCUT2D eigenvalue weighted by molar-refractivity contribution is -0.154. The number of amides is 3. The van der Waals surface area contributed by atoms with E-state index in [1.165, 1.54) is 4.90 Å². The van der Waals surface area contributed by atoms with Crippen molar-refractivity contribution in [3.8, 4) is 5.75 Å². The van der Waals surface area contributed by atoms with Crippen LogP contribution in [0.2, 0.25) is 0 Å². The van der Waals surface area contributed by atoms with Crippen LogP contribution in [-0.2, 0) is 19.1 Å². The molecule has 1 spiro atoms. The predicted octanol–water partition coefficient (Wildman–Crippen LogP) is 2.15. The van der Waals surface area contributed by atoms with Crippen LogP contribution in [0, 0.1) is 11.8 Å². The van der Waals surface area contributed by atoms with Crippen molar-refractivity contribution < 1.29 is 29.0 Å². The maximum absolute atomic E-state index is 14.3. The van der Waals surface area contributed by atoms with Crippen LogP contribution in [0.1, 0.15) is 34.6 Å². The first-order valence-electron chi connectivity index (χ1n) is 13.4. The SMILES string of the molecule is CCOc1ccc(N2CC=C[C@]3(C)O[C@]45C=CCN(C(C)C)C(=O)C4N([C@H](C)CO)C(=O)[C@@H]5[C@@H]3C2=O)cc1. The minimum Gasteiger partial charge on any atom is -0.494 e. The smallest absolute Gasteiger partial charge is 0.249 e. The third-order valence-corrected chi connectivity index (χ3v) is 8.35. The zero-order valence-corrected chi connectivity index (χ0v) is 22.7. The monoisotopic (exact) mass is 523 g/mol. The van der Waals surface area contributed by atoms with Gasteiger partial charge >= 0.3 is 0 Å². The molecule has 1 aromatic rings. The highest BCUT2D eigenvalue weighted by molar-refractivity contribution is 6.04. The zero-order valence-electron chi connectivity index (χ0n) is 22.7. The van der Waals surface area contributed by atoms with Crippen LogP contribution in [0.4, 0.5) is 5.69 Å². The lowest BCUT2D eigenvalue weighted by atomic mass is 9.74. The number of rotatable bonds is 6. The van der Waals surface area contributed by atoms with Crippen LogP contribution in [0.3, 0.4) is 0 Å². The van der Waals surface area contributed by atoms with Gasteiger partial charge < -0.3 is 29.3 Å². The van der Waals surface area contributed by atoms with E-state index in [4.69, 9.17) is 9.47 Å².